The largest absolute Gasteiger partial charge is 0.326 e. The summed E-state index contributed by atoms with van der Waals surface area (Å²) in [6.45, 7) is 1.53. The molecule has 8 nitrogen and oxygen atoms in total. The molecule has 0 heterocycles. The Morgan fingerprint density at radius 1 is 1.15 bits per heavy atom. The number of para-hydroxylation sites is 1. The minimum Gasteiger partial charge on any atom is -0.326 e. The Morgan fingerprint density at radius 3 is 2.41 bits per heavy atom. The number of nitrogens with one attached hydrogen (secondary N) is 2. The topological polar surface area (TPSA) is 114 Å². The maximum Gasteiger partial charge on any atom is 0.282 e. The molecule has 2 N–H and O–H groups in total. The number of amides is 2. The maximum absolute atomic E-state index is 12.1. The van der Waals surface area contributed by atoms with Crippen LogP contribution in [0.4, 0.5) is 11.4 Å². The van der Waals surface area contributed by atoms with Gasteiger partial charge in [0.05, 0.1) is 11.3 Å². The van der Waals surface area contributed by atoms with Gasteiger partial charge in [-0.05, 0) is 31.2 Å². The molecule has 2 aromatic carbocycles. The molecule has 0 aliphatic rings. The van der Waals surface area contributed by atoms with Crippen LogP contribution in [0.5, 0.6) is 0 Å². The number of carbonyl (C=O) groups excluding carboxylic acids is 2. The second-order valence-electron chi connectivity index (χ2n) is 5.45. The van der Waals surface area contributed by atoms with Crippen LogP contribution < -0.4 is 10.7 Å². The molecule has 0 bridgehead atoms. The lowest BCUT2D eigenvalue weighted by molar-refractivity contribution is -0.385. The van der Waals surface area contributed by atoms with Gasteiger partial charge in [-0.3, -0.25) is 19.7 Å². The van der Waals surface area contributed by atoms with E-state index < -0.39 is 16.7 Å². The summed E-state index contributed by atoms with van der Waals surface area (Å²) in [4.78, 5) is 34.4. The van der Waals surface area contributed by atoms with Crippen molar-refractivity contribution in [3.63, 3.8) is 0 Å². The van der Waals surface area contributed by atoms with E-state index in [1.807, 2.05) is 0 Å². The third-order valence-electron chi connectivity index (χ3n) is 3.26. The van der Waals surface area contributed by atoms with Crippen LogP contribution in [0.3, 0.4) is 0 Å². The van der Waals surface area contributed by atoms with Crippen LogP contribution in [0.15, 0.2) is 47.6 Å². The number of hydrogen-bond acceptors (Lipinski definition) is 5. The molecule has 2 aromatic rings. The Morgan fingerprint density at radius 2 is 1.78 bits per heavy atom. The number of carbonyl (C=O) groups is 2. The van der Waals surface area contributed by atoms with E-state index in [2.05, 4.69) is 15.8 Å². The first kappa shape index (κ1) is 20.3. The van der Waals surface area contributed by atoms with Crippen LogP contribution in [-0.4, -0.2) is 22.4 Å². The first-order valence-corrected chi connectivity index (χ1v) is 8.34. The third kappa shape index (κ3) is 6.05. The summed E-state index contributed by atoms with van der Waals surface area (Å²) in [5.74, 6) is -1.14. The lowest BCUT2D eigenvalue weighted by Crippen LogP contribution is -2.22. The van der Waals surface area contributed by atoms with Crippen molar-refractivity contribution in [2.45, 2.75) is 13.3 Å². The van der Waals surface area contributed by atoms with E-state index in [0.29, 0.717) is 21.4 Å². The summed E-state index contributed by atoms with van der Waals surface area (Å²) in [5, 5.41) is 18.1. The number of hydrazone groups is 1. The Balaban J connectivity index is 1.98. The summed E-state index contributed by atoms with van der Waals surface area (Å²) in [7, 11) is 0. The van der Waals surface area contributed by atoms with Gasteiger partial charge < -0.3 is 5.32 Å². The zero-order chi connectivity index (χ0) is 20.0. The van der Waals surface area contributed by atoms with Crippen molar-refractivity contribution in [3.8, 4) is 0 Å². The summed E-state index contributed by atoms with van der Waals surface area (Å²) in [5.41, 5.74) is 2.47. The smallest absolute Gasteiger partial charge is 0.282 e. The van der Waals surface area contributed by atoms with Crippen LogP contribution in [-0.2, 0) is 4.79 Å². The Hall–Kier alpha value is -2.97. The average molecular weight is 409 g/mol. The van der Waals surface area contributed by atoms with E-state index in [9.17, 15) is 19.7 Å². The minimum absolute atomic E-state index is 0.110. The van der Waals surface area contributed by atoms with Crippen molar-refractivity contribution in [2.75, 3.05) is 5.32 Å². The van der Waals surface area contributed by atoms with E-state index in [-0.39, 0.29) is 17.7 Å². The van der Waals surface area contributed by atoms with Gasteiger partial charge in [0.1, 0.15) is 5.56 Å². The molecule has 2 rings (SSSR count). The molecule has 0 saturated heterocycles. The number of rotatable bonds is 6. The van der Waals surface area contributed by atoms with Crippen molar-refractivity contribution in [1.82, 2.24) is 5.43 Å². The lowest BCUT2D eigenvalue weighted by Gasteiger charge is -2.07. The molecule has 0 unspecified atom stereocenters. The number of nitrogens with zero attached hydrogens (tertiary/aromatic N) is 2. The van der Waals surface area contributed by atoms with E-state index in [4.69, 9.17) is 23.2 Å². The summed E-state index contributed by atoms with van der Waals surface area (Å²) in [6.07, 6.45) is -0.110. The van der Waals surface area contributed by atoms with E-state index in [1.54, 1.807) is 0 Å². The molecule has 0 aliphatic carbocycles. The van der Waals surface area contributed by atoms with Crippen LogP contribution in [0.1, 0.15) is 23.7 Å². The molecule has 0 atom stereocenters. The molecule has 2 amide bonds. The standard InChI is InChI=1S/C17H14Cl2N4O4/c1-10(6-16(24)20-13-8-11(18)7-12(19)9-13)21-22-17(25)14-4-2-3-5-15(14)23(26)27/h2-5,7-9H,6H2,1H3,(H,20,24)(H,22,25)/b21-10-. The van der Waals surface area contributed by atoms with Gasteiger partial charge in [-0.25, -0.2) is 5.43 Å². The van der Waals surface area contributed by atoms with Gasteiger partial charge in [0.25, 0.3) is 11.6 Å². The van der Waals surface area contributed by atoms with Crippen molar-refractivity contribution in [2.24, 2.45) is 5.10 Å². The maximum atomic E-state index is 12.1. The predicted octanol–water partition coefficient (Wildman–Crippen LogP) is 4.04. The third-order valence-corrected chi connectivity index (χ3v) is 3.69. The average Bonchev–Trinajstić information content (AvgIpc) is 2.58. The van der Waals surface area contributed by atoms with Gasteiger partial charge in [0, 0.05) is 27.5 Å². The Labute approximate surface area is 164 Å². The van der Waals surface area contributed by atoms with Crippen molar-refractivity contribution in [1.29, 1.82) is 0 Å². The fraction of sp³-hybridized carbons (Fsp3) is 0.118. The molecule has 0 aromatic heterocycles. The van der Waals surface area contributed by atoms with E-state index in [0.717, 1.165) is 0 Å². The highest BCUT2D eigenvalue weighted by atomic mass is 35.5. The van der Waals surface area contributed by atoms with Gasteiger partial charge in [-0.15, -0.1) is 0 Å². The summed E-state index contributed by atoms with van der Waals surface area (Å²) >= 11 is 11.7. The first-order chi connectivity index (χ1) is 12.8. The Bertz CT molecular complexity index is 911. The number of benzene rings is 2. The molecule has 10 heteroatoms. The molecular weight excluding hydrogens is 395 g/mol. The van der Waals surface area contributed by atoms with Gasteiger partial charge in [-0.2, -0.15) is 5.10 Å². The first-order valence-electron chi connectivity index (χ1n) is 7.59. The number of nitro groups is 1. The van der Waals surface area contributed by atoms with Crippen LogP contribution in [0.2, 0.25) is 10.0 Å². The van der Waals surface area contributed by atoms with E-state index >= 15 is 0 Å². The van der Waals surface area contributed by atoms with Gasteiger partial charge in [0.15, 0.2) is 0 Å². The highest BCUT2D eigenvalue weighted by Crippen LogP contribution is 2.22. The Kier molecular flexibility index (Phi) is 6.86. The minimum atomic E-state index is -0.747. The quantitative estimate of drug-likeness (QED) is 0.426. The number of nitro benzene ring substituents is 1. The zero-order valence-corrected chi connectivity index (χ0v) is 15.5. The molecule has 0 saturated carbocycles. The van der Waals surface area contributed by atoms with Crippen LogP contribution in [0, 0.1) is 10.1 Å². The molecular formula is C17H14Cl2N4O4. The molecule has 0 fully saturated rings. The highest BCUT2D eigenvalue weighted by molar-refractivity contribution is 6.35. The lowest BCUT2D eigenvalue weighted by atomic mass is 10.2. The zero-order valence-electron chi connectivity index (χ0n) is 14.0. The van der Waals surface area contributed by atoms with Crippen molar-refractivity contribution < 1.29 is 14.5 Å². The predicted molar refractivity (Wildman–Crippen MR) is 103 cm³/mol. The number of halogens is 2. The fourth-order valence-electron chi connectivity index (χ4n) is 2.13. The monoisotopic (exact) mass is 408 g/mol. The SMILES string of the molecule is C/C(CC(=O)Nc1cc(Cl)cc(Cl)c1)=N/NC(=O)c1ccccc1[N+](=O)[O-]. The number of anilines is 1. The highest BCUT2D eigenvalue weighted by Gasteiger charge is 2.18. The second-order valence-corrected chi connectivity index (χ2v) is 6.32. The number of hydrogen-bond donors (Lipinski definition) is 2. The van der Waals surface area contributed by atoms with Gasteiger partial charge >= 0.3 is 0 Å². The van der Waals surface area contributed by atoms with Gasteiger partial charge in [0.2, 0.25) is 5.91 Å². The normalized spacial score (nSPS) is 11.0. The summed E-state index contributed by atoms with van der Waals surface area (Å²) in [6, 6.07) is 10.1. The van der Waals surface area contributed by atoms with Crippen LogP contribution in [0.25, 0.3) is 0 Å². The van der Waals surface area contributed by atoms with Crippen molar-refractivity contribution in [3.05, 3.63) is 68.2 Å². The van der Waals surface area contributed by atoms with Crippen LogP contribution >= 0.6 is 23.2 Å². The second kappa shape index (κ2) is 9.11. The molecule has 140 valence electrons. The van der Waals surface area contributed by atoms with E-state index in [1.165, 1.54) is 49.4 Å². The molecule has 0 spiro atoms. The molecule has 27 heavy (non-hydrogen) atoms. The molecule has 0 radical (unpaired) electrons. The molecule has 0 aliphatic heterocycles. The van der Waals surface area contributed by atoms with Gasteiger partial charge in [-0.1, -0.05) is 35.3 Å². The summed E-state index contributed by atoms with van der Waals surface area (Å²) < 4.78 is 0. The fourth-order valence-corrected chi connectivity index (χ4v) is 2.66. The van der Waals surface area contributed by atoms with Crippen molar-refractivity contribution >= 4 is 52.1 Å².